The summed E-state index contributed by atoms with van der Waals surface area (Å²) in [5.41, 5.74) is 0.952. The van der Waals surface area contributed by atoms with Crippen LogP contribution >= 0.6 is 11.3 Å². The maximum absolute atomic E-state index is 14.1. The summed E-state index contributed by atoms with van der Waals surface area (Å²) >= 11 is 1.19. The third-order valence-electron chi connectivity index (χ3n) is 4.48. The average Bonchev–Trinajstić information content (AvgIpc) is 3.09. The first-order chi connectivity index (χ1) is 12.4. The molecule has 0 bridgehead atoms. The lowest BCUT2D eigenvalue weighted by molar-refractivity contribution is -0.114. The molecule has 0 spiro atoms. The van der Waals surface area contributed by atoms with Crippen LogP contribution in [0.25, 0.3) is 0 Å². The van der Waals surface area contributed by atoms with Crippen molar-refractivity contribution in [1.29, 1.82) is 0 Å². The van der Waals surface area contributed by atoms with Crippen LogP contribution in [0.1, 0.15) is 30.8 Å². The van der Waals surface area contributed by atoms with E-state index < -0.39 is 5.95 Å². The average molecular weight is 379 g/mol. The van der Waals surface area contributed by atoms with Gasteiger partial charge in [-0.2, -0.15) is 9.37 Å². The van der Waals surface area contributed by atoms with Crippen LogP contribution in [-0.2, 0) is 17.8 Å². The van der Waals surface area contributed by atoms with Gasteiger partial charge in [0.15, 0.2) is 5.13 Å². The Bertz CT molecular complexity index is 784. The number of amides is 1. The Morgan fingerprint density at radius 1 is 1.50 bits per heavy atom. The lowest BCUT2D eigenvalue weighted by Gasteiger charge is -2.19. The fraction of sp³-hybridized carbons (Fsp3) is 0.529. The van der Waals surface area contributed by atoms with Crippen LogP contribution in [0, 0.1) is 11.9 Å². The number of nitrogens with one attached hydrogen (secondary N) is 1. The standard InChI is InChI=1S/C17H22FN5O2S/c1-10-4-12(5-13-6-15(25-3)20-9-19-13)7-23(10)8-14-16(18)22-17(26-14)21-11(2)24/h6,9-10,12H,4-5,7-8H2,1-3H3,(H,21,22,24)/t10-,12+/m0/s1. The molecular weight excluding hydrogens is 357 g/mol. The van der Waals surface area contributed by atoms with Gasteiger partial charge in [0.2, 0.25) is 17.7 Å². The van der Waals surface area contributed by atoms with E-state index in [0.29, 0.717) is 34.4 Å². The zero-order valence-electron chi connectivity index (χ0n) is 15.0. The minimum atomic E-state index is -0.505. The Morgan fingerprint density at radius 3 is 3.04 bits per heavy atom. The van der Waals surface area contributed by atoms with Gasteiger partial charge in [-0.25, -0.2) is 9.97 Å². The number of hydrogen-bond acceptors (Lipinski definition) is 7. The first-order valence-electron chi connectivity index (χ1n) is 8.46. The first-order valence-corrected chi connectivity index (χ1v) is 9.28. The predicted octanol–water partition coefficient (Wildman–Crippen LogP) is 2.49. The van der Waals surface area contributed by atoms with Crippen LogP contribution in [0.5, 0.6) is 5.88 Å². The highest BCUT2D eigenvalue weighted by molar-refractivity contribution is 7.15. The van der Waals surface area contributed by atoms with Gasteiger partial charge < -0.3 is 10.1 Å². The van der Waals surface area contributed by atoms with Crippen LogP contribution in [0.2, 0.25) is 0 Å². The van der Waals surface area contributed by atoms with Crippen molar-refractivity contribution in [3.8, 4) is 5.88 Å². The number of ether oxygens (including phenoxy) is 1. The Labute approximate surface area is 155 Å². The van der Waals surface area contributed by atoms with Crippen molar-refractivity contribution in [1.82, 2.24) is 19.9 Å². The van der Waals surface area contributed by atoms with Gasteiger partial charge in [-0.3, -0.25) is 9.69 Å². The quantitative estimate of drug-likeness (QED) is 0.831. The summed E-state index contributed by atoms with van der Waals surface area (Å²) in [6, 6.07) is 2.20. The van der Waals surface area contributed by atoms with E-state index in [9.17, 15) is 9.18 Å². The topological polar surface area (TPSA) is 80.2 Å². The number of hydrogen-bond donors (Lipinski definition) is 1. The second-order valence-electron chi connectivity index (χ2n) is 6.55. The second-order valence-corrected chi connectivity index (χ2v) is 7.63. The van der Waals surface area contributed by atoms with Gasteiger partial charge in [-0.1, -0.05) is 11.3 Å². The van der Waals surface area contributed by atoms with Crippen LogP contribution in [0.4, 0.5) is 9.52 Å². The van der Waals surface area contributed by atoms with Gasteiger partial charge >= 0.3 is 0 Å². The molecule has 1 saturated heterocycles. The molecule has 26 heavy (non-hydrogen) atoms. The van der Waals surface area contributed by atoms with Crippen molar-refractivity contribution in [3.63, 3.8) is 0 Å². The van der Waals surface area contributed by atoms with E-state index in [2.05, 4.69) is 32.1 Å². The second kappa shape index (κ2) is 8.05. The summed E-state index contributed by atoms with van der Waals surface area (Å²) in [5, 5.41) is 2.85. The summed E-state index contributed by atoms with van der Waals surface area (Å²) in [7, 11) is 1.59. The maximum Gasteiger partial charge on any atom is 0.230 e. The molecule has 0 saturated carbocycles. The third kappa shape index (κ3) is 4.53. The highest BCUT2D eigenvalue weighted by Gasteiger charge is 2.30. The van der Waals surface area contributed by atoms with Crippen LogP contribution in [0.3, 0.4) is 0 Å². The molecule has 2 atom stereocenters. The van der Waals surface area contributed by atoms with Gasteiger partial charge in [-0.15, -0.1) is 0 Å². The SMILES string of the molecule is COc1cc(C[C@H]2C[C@H](C)N(Cc3sc(NC(C)=O)nc3F)C2)ncn1. The molecule has 0 radical (unpaired) electrons. The molecule has 0 aromatic carbocycles. The molecule has 1 fully saturated rings. The van der Waals surface area contributed by atoms with E-state index in [1.54, 1.807) is 7.11 Å². The molecule has 0 unspecified atom stereocenters. The lowest BCUT2D eigenvalue weighted by Crippen LogP contribution is -2.26. The fourth-order valence-corrected chi connectivity index (χ4v) is 4.22. The highest BCUT2D eigenvalue weighted by Crippen LogP contribution is 2.30. The van der Waals surface area contributed by atoms with E-state index in [1.807, 2.05) is 6.07 Å². The number of aromatic nitrogens is 3. The monoisotopic (exact) mass is 379 g/mol. The molecule has 2 aromatic heterocycles. The lowest BCUT2D eigenvalue weighted by atomic mass is 10.0. The number of carbonyl (C=O) groups is 1. The Kier molecular flexibility index (Phi) is 5.77. The van der Waals surface area contributed by atoms with Crippen molar-refractivity contribution in [2.45, 2.75) is 39.3 Å². The van der Waals surface area contributed by atoms with Crippen molar-refractivity contribution in [2.75, 3.05) is 19.0 Å². The number of likely N-dealkylation sites (tertiary alicyclic amines) is 1. The molecule has 1 N–H and O–H groups in total. The summed E-state index contributed by atoms with van der Waals surface area (Å²) < 4.78 is 19.2. The van der Waals surface area contributed by atoms with Crippen LogP contribution < -0.4 is 10.1 Å². The van der Waals surface area contributed by atoms with E-state index in [4.69, 9.17) is 4.74 Å². The summed E-state index contributed by atoms with van der Waals surface area (Å²) in [6.07, 6.45) is 3.37. The summed E-state index contributed by atoms with van der Waals surface area (Å²) in [4.78, 5) is 26.0. The zero-order valence-corrected chi connectivity index (χ0v) is 15.8. The number of rotatable bonds is 6. The normalized spacial score (nSPS) is 20.3. The Balaban J connectivity index is 1.62. The maximum atomic E-state index is 14.1. The van der Waals surface area contributed by atoms with Gasteiger partial charge in [0, 0.05) is 37.8 Å². The number of thiazole rings is 1. The van der Waals surface area contributed by atoms with E-state index in [0.717, 1.165) is 25.1 Å². The summed E-state index contributed by atoms with van der Waals surface area (Å²) in [5.74, 6) is 0.251. The molecule has 3 heterocycles. The Morgan fingerprint density at radius 2 is 2.31 bits per heavy atom. The fourth-order valence-electron chi connectivity index (χ4n) is 3.30. The van der Waals surface area contributed by atoms with Crippen molar-refractivity contribution in [2.24, 2.45) is 5.92 Å². The molecule has 1 amide bonds. The molecular formula is C17H22FN5O2S. The van der Waals surface area contributed by atoms with Gasteiger partial charge in [0.05, 0.1) is 12.0 Å². The van der Waals surface area contributed by atoms with Gasteiger partial charge in [0.1, 0.15) is 6.33 Å². The zero-order chi connectivity index (χ0) is 18.7. The van der Waals surface area contributed by atoms with E-state index in [1.165, 1.54) is 24.6 Å². The molecule has 140 valence electrons. The molecule has 1 aliphatic heterocycles. The number of halogens is 1. The molecule has 9 heteroatoms. The van der Waals surface area contributed by atoms with Crippen molar-refractivity contribution < 1.29 is 13.9 Å². The Hall–Kier alpha value is -2.13. The molecule has 2 aromatic rings. The minimum absolute atomic E-state index is 0.250. The molecule has 0 aliphatic carbocycles. The number of anilines is 1. The number of nitrogens with zero attached hydrogens (tertiary/aromatic N) is 4. The van der Waals surface area contributed by atoms with Crippen molar-refractivity contribution >= 4 is 22.4 Å². The number of methoxy groups -OCH3 is 1. The van der Waals surface area contributed by atoms with Gasteiger partial charge in [-0.05, 0) is 25.7 Å². The smallest absolute Gasteiger partial charge is 0.230 e. The molecule has 3 rings (SSSR count). The van der Waals surface area contributed by atoms with Gasteiger partial charge in [0.25, 0.3) is 0 Å². The first kappa shape index (κ1) is 18.7. The van der Waals surface area contributed by atoms with Crippen LogP contribution in [-0.4, -0.2) is 45.5 Å². The minimum Gasteiger partial charge on any atom is -0.481 e. The largest absolute Gasteiger partial charge is 0.481 e. The van der Waals surface area contributed by atoms with Crippen molar-refractivity contribution in [3.05, 3.63) is 28.9 Å². The predicted molar refractivity (Wildman–Crippen MR) is 96.6 cm³/mol. The third-order valence-corrected chi connectivity index (χ3v) is 5.41. The number of carbonyl (C=O) groups excluding carboxylic acids is 1. The molecule has 7 nitrogen and oxygen atoms in total. The molecule has 1 aliphatic rings. The van der Waals surface area contributed by atoms with Crippen LogP contribution in [0.15, 0.2) is 12.4 Å². The van der Waals surface area contributed by atoms with E-state index in [-0.39, 0.29) is 5.91 Å². The summed E-state index contributed by atoms with van der Waals surface area (Å²) in [6.45, 7) is 4.89. The van der Waals surface area contributed by atoms with E-state index >= 15 is 0 Å². The highest BCUT2D eigenvalue weighted by atomic mass is 32.1.